The van der Waals surface area contributed by atoms with Gasteiger partial charge in [-0.3, -0.25) is 4.79 Å². The van der Waals surface area contributed by atoms with E-state index < -0.39 is 0 Å². The van der Waals surface area contributed by atoms with E-state index in [0.29, 0.717) is 6.54 Å². The molecular formula is C19H24N2O2. The number of rotatable bonds is 8. The van der Waals surface area contributed by atoms with Gasteiger partial charge >= 0.3 is 0 Å². The first kappa shape index (κ1) is 17.0. The van der Waals surface area contributed by atoms with Crippen molar-refractivity contribution in [3.8, 4) is 5.75 Å². The second-order valence-electron chi connectivity index (χ2n) is 5.48. The molecule has 0 saturated heterocycles. The van der Waals surface area contributed by atoms with Gasteiger partial charge in [0, 0.05) is 26.6 Å². The Hall–Kier alpha value is -2.33. The second kappa shape index (κ2) is 8.96. The molecule has 2 aromatic rings. The van der Waals surface area contributed by atoms with E-state index in [-0.39, 0.29) is 12.5 Å². The maximum atomic E-state index is 12.1. The first-order valence-electron chi connectivity index (χ1n) is 7.84. The molecule has 1 N–H and O–H groups in total. The lowest BCUT2D eigenvalue weighted by molar-refractivity contribution is -0.132. The molecule has 0 bridgehead atoms. The fraction of sp³-hybridized carbons (Fsp3) is 0.316. The monoisotopic (exact) mass is 312 g/mol. The third-order valence-corrected chi connectivity index (χ3v) is 3.68. The SMILES string of the molecule is CNCCN(C)C(=O)COc1ccccc1Cc1ccccc1. The van der Waals surface area contributed by atoms with Gasteiger partial charge in [0.05, 0.1) is 0 Å². The Labute approximate surface area is 138 Å². The maximum absolute atomic E-state index is 12.1. The predicted molar refractivity (Wildman–Crippen MR) is 92.7 cm³/mol. The zero-order valence-electron chi connectivity index (χ0n) is 13.8. The molecule has 0 spiro atoms. The van der Waals surface area contributed by atoms with Crippen molar-refractivity contribution in [2.75, 3.05) is 33.8 Å². The van der Waals surface area contributed by atoms with Crippen molar-refractivity contribution < 1.29 is 9.53 Å². The number of nitrogens with one attached hydrogen (secondary N) is 1. The summed E-state index contributed by atoms with van der Waals surface area (Å²) in [6, 6.07) is 18.1. The number of likely N-dealkylation sites (N-methyl/N-ethyl adjacent to an activating group) is 2. The molecule has 0 aliphatic carbocycles. The van der Waals surface area contributed by atoms with Gasteiger partial charge in [-0.15, -0.1) is 0 Å². The molecule has 0 aliphatic heterocycles. The average Bonchev–Trinajstić information content (AvgIpc) is 2.59. The van der Waals surface area contributed by atoms with Crippen molar-refractivity contribution in [3.05, 3.63) is 65.7 Å². The minimum Gasteiger partial charge on any atom is -0.483 e. The van der Waals surface area contributed by atoms with Crippen LogP contribution in [-0.2, 0) is 11.2 Å². The first-order chi connectivity index (χ1) is 11.2. The van der Waals surface area contributed by atoms with Gasteiger partial charge in [0.15, 0.2) is 6.61 Å². The molecule has 0 radical (unpaired) electrons. The molecule has 0 aliphatic rings. The van der Waals surface area contributed by atoms with Crippen molar-refractivity contribution in [1.82, 2.24) is 10.2 Å². The number of hydrogen-bond acceptors (Lipinski definition) is 3. The fourth-order valence-corrected chi connectivity index (χ4v) is 2.26. The minimum absolute atomic E-state index is 0.0187. The van der Waals surface area contributed by atoms with Gasteiger partial charge in [-0.05, 0) is 24.2 Å². The van der Waals surface area contributed by atoms with Gasteiger partial charge in [-0.2, -0.15) is 0 Å². The van der Waals surface area contributed by atoms with Crippen LogP contribution in [0.3, 0.4) is 0 Å². The molecule has 0 saturated carbocycles. The van der Waals surface area contributed by atoms with Crippen molar-refractivity contribution in [1.29, 1.82) is 0 Å². The molecule has 4 heteroatoms. The Morgan fingerprint density at radius 2 is 1.78 bits per heavy atom. The lowest BCUT2D eigenvalue weighted by Crippen LogP contribution is -2.36. The normalized spacial score (nSPS) is 10.3. The van der Waals surface area contributed by atoms with Crippen LogP contribution in [0.4, 0.5) is 0 Å². The average molecular weight is 312 g/mol. The second-order valence-corrected chi connectivity index (χ2v) is 5.48. The van der Waals surface area contributed by atoms with Crippen LogP contribution in [0.2, 0.25) is 0 Å². The van der Waals surface area contributed by atoms with E-state index in [9.17, 15) is 4.79 Å². The molecule has 2 rings (SSSR count). The largest absolute Gasteiger partial charge is 0.483 e. The molecular weight excluding hydrogens is 288 g/mol. The summed E-state index contributed by atoms with van der Waals surface area (Å²) in [6.07, 6.45) is 0.792. The van der Waals surface area contributed by atoms with Crippen molar-refractivity contribution >= 4 is 5.91 Å². The highest BCUT2D eigenvalue weighted by atomic mass is 16.5. The van der Waals surface area contributed by atoms with E-state index >= 15 is 0 Å². The van der Waals surface area contributed by atoms with E-state index in [2.05, 4.69) is 17.4 Å². The first-order valence-corrected chi connectivity index (χ1v) is 7.84. The highest BCUT2D eigenvalue weighted by Gasteiger charge is 2.11. The molecule has 0 fully saturated rings. The summed E-state index contributed by atoms with van der Waals surface area (Å²) in [6.45, 7) is 1.50. The van der Waals surface area contributed by atoms with Gasteiger partial charge in [0.1, 0.15) is 5.75 Å². The van der Waals surface area contributed by atoms with Gasteiger partial charge in [0.25, 0.3) is 5.91 Å². The van der Waals surface area contributed by atoms with E-state index in [1.165, 1.54) is 5.56 Å². The maximum Gasteiger partial charge on any atom is 0.260 e. The molecule has 4 nitrogen and oxygen atoms in total. The Morgan fingerprint density at radius 1 is 1.09 bits per heavy atom. The zero-order valence-corrected chi connectivity index (χ0v) is 13.8. The molecule has 1 amide bonds. The number of nitrogens with zero attached hydrogens (tertiary/aromatic N) is 1. The van der Waals surface area contributed by atoms with Crippen LogP contribution >= 0.6 is 0 Å². The molecule has 0 heterocycles. The van der Waals surface area contributed by atoms with Crippen LogP contribution in [0.15, 0.2) is 54.6 Å². The standard InChI is InChI=1S/C19H24N2O2/c1-20-12-13-21(2)19(22)15-23-18-11-7-6-10-17(18)14-16-8-4-3-5-9-16/h3-11,20H,12-15H2,1-2H3. The van der Waals surface area contributed by atoms with E-state index in [4.69, 9.17) is 4.74 Å². The Morgan fingerprint density at radius 3 is 2.52 bits per heavy atom. The molecule has 122 valence electrons. The number of ether oxygens (including phenoxy) is 1. The summed E-state index contributed by atoms with van der Waals surface area (Å²) in [7, 11) is 3.66. The van der Waals surface area contributed by atoms with Gasteiger partial charge < -0.3 is 15.0 Å². The van der Waals surface area contributed by atoms with E-state index in [0.717, 1.165) is 24.3 Å². The van der Waals surface area contributed by atoms with Crippen molar-refractivity contribution in [2.24, 2.45) is 0 Å². The van der Waals surface area contributed by atoms with Crippen LogP contribution in [0.5, 0.6) is 5.75 Å². The molecule has 2 aromatic carbocycles. The summed E-state index contributed by atoms with van der Waals surface area (Å²) in [5, 5.41) is 3.03. The van der Waals surface area contributed by atoms with Gasteiger partial charge in [0.2, 0.25) is 0 Å². The zero-order chi connectivity index (χ0) is 16.5. The number of para-hydroxylation sites is 1. The summed E-state index contributed by atoms with van der Waals surface area (Å²) in [5.41, 5.74) is 2.31. The van der Waals surface area contributed by atoms with Crippen LogP contribution in [0.25, 0.3) is 0 Å². The predicted octanol–water partition coefficient (Wildman–Crippen LogP) is 2.33. The highest BCUT2D eigenvalue weighted by molar-refractivity contribution is 5.77. The van der Waals surface area contributed by atoms with Crippen LogP contribution in [0, 0.1) is 0 Å². The molecule has 0 atom stereocenters. The number of benzene rings is 2. The van der Waals surface area contributed by atoms with Crippen LogP contribution in [0.1, 0.15) is 11.1 Å². The van der Waals surface area contributed by atoms with Crippen LogP contribution in [-0.4, -0.2) is 44.6 Å². The van der Waals surface area contributed by atoms with Crippen molar-refractivity contribution in [3.63, 3.8) is 0 Å². The molecule has 0 aromatic heterocycles. The van der Waals surface area contributed by atoms with Crippen molar-refractivity contribution in [2.45, 2.75) is 6.42 Å². The Balaban J connectivity index is 1.96. The Bertz CT molecular complexity index is 614. The summed E-state index contributed by atoms with van der Waals surface area (Å²) in [5.74, 6) is 0.751. The number of carbonyl (C=O) groups is 1. The van der Waals surface area contributed by atoms with Gasteiger partial charge in [-0.25, -0.2) is 0 Å². The fourth-order valence-electron chi connectivity index (χ4n) is 2.26. The third kappa shape index (κ3) is 5.42. The number of hydrogen-bond donors (Lipinski definition) is 1. The third-order valence-electron chi connectivity index (χ3n) is 3.68. The summed E-state index contributed by atoms with van der Waals surface area (Å²) >= 11 is 0. The number of carbonyl (C=O) groups excluding carboxylic acids is 1. The lowest BCUT2D eigenvalue weighted by atomic mass is 10.0. The highest BCUT2D eigenvalue weighted by Crippen LogP contribution is 2.21. The van der Waals surface area contributed by atoms with Crippen LogP contribution < -0.4 is 10.1 Å². The Kier molecular flexibility index (Phi) is 6.63. The van der Waals surface area contributed by atoms with E-state index in [1.807, 2.05) is 49.5 Å². The number of amides is 1. The van der Waals surface area contributed by atoms with Gasteiger partial charge in [-0.1, -0.05) is 48.5 Å². The van der Waals surface area contributed by atoms with E-state index in [1.54, 1.807) is 11.9 Å². The summed E-state index contributed by atoms with van der Waals surface area (Å²) < 4.78 is 5.76. The minimum atomic E-state index is -0.0187. The molecule has 0 unspecified atom stereocenters. The quantitative estimate of drug-likeness (QED) is 0.813. The smallest absolute Gasteiger partial charge is 0.260 e. The lowest BCUT2D eigenvalue weighted by Gasteiger charge is -2.18. The summed E-state index contributed by atoms with van der Waals surface area (Å²) in [4.78, 5) is 13.7. The topological polar surface area (TPSA) is 41.6 Å². The molecule has 23 heavy (non-hydrogen) atoms.